The molecule has 1 aromatic heterocycles. The van der Waals surface area contributed by atoms with Crippen LogP contribution in [0, 0.1) is 0 Å². The second-order valence-corrected chi connectivity index (χ2v) is 5.06. The maximum Gasteiger partial charge on any atom is 0.320 e. The van der Waals surface area contributed by atoms with E-state index in [0.717, 1.165) is 10.4 Å². The quantitative estimate of drug-likeness (QED) is 0.870. The summed E-state index contributed by atoms with van der Waals surface area (Å²) in [4.78, 5) is 12.1. The Bertz CT molecular complexity index is 496. The lowest BCUT2D eigenvalue weighted by molar-refractivity contribution is -0.139. The summed E-state index contributed by atoms with van der Waals surface area (Å²) in [5.41, 5.74) is 1.08. The van der Waals surface area contributed by atoms with Gasteiger partial charge in [0.15, 0.2) is 0 Å². The Balaban J connectivity index is 2.27. The molecule has 2 aromatic rings. The Morgan fingerprint density at radius 3 is 2.50 bits per heavy atom. The number of carboxylic acids is 1. The summed E-state index contributed by atoms with van der Waals surface area (Å²) in [5, 5.41) is 14.2. The number of hydrogen-bond acceptors (Lipinski definition) is 3. The van der Waals surface area contributed by atoms with Crippen molar-refractivity contribution in [3.8, 4) is 0 Å². The molecular formula is C14H15NO2S. The molecule has 4 heteroatoms. The van der Waals surface area contributed by atoms with Gasteiger partial charge < -0.3 is 5.11 Å². The molecule has 1 aromatic carbocycles. The zero-order valence-electron chi connectivity index (χ0n) is 10.0. The minimum atomic E-state index is -0.840. The molecule has 0 radical (unpaired) electrons. The van der Waals surface area contributed by atoms with E-state index in [2.05, 4.69) is 5.32 Å². The molecule has 18 heavy (non-hydrogen) atoms. The van der Waals surface area contributed by atoms with Crippen molar-refractivity contribution in [3.05, 3.63) is 58.3 Å². The van der Waals surface area contributed by atoms with E-state index in [1.807, 2.05) is 47.8 Å². The average Bonchev–Trinajstić information content (AvgIpc) is 2.90. The second kappa shape index (κ2) is 5.80. The monoisotopic (exact) mass is 261 g/mol. The highest BCUT2D eigenvalue weighted by Gasteiger charge is 2.20. The standard InChI is InChI=1S/C14H15NO2S/c1-10(14(16)17)15-13(12-8-5-9-18-12)11-6-3-2-4-7-11/h2-10,13,15H,1H3,(H,16,17). The van der Waals surface area contributed by atoms with E-state index in [1.165, 1.54) is 0 Å². The molecule has 2 unspecified atom stereocenters. The molecule has 0 fully saturated rings. The van der Waals surface area contributed by atoms with Gasteiger partial charge in [0.2, 0.25) is 0 Å². The molecule has 3 nitrogen and oxygen atoms in total. The van der Waals surface area contributed by atoms with Gasteiger partial charge in [-0.1, -0.05) is 36.4 Å². The molecule has 1 heterocycles. The largest absolute Gasteiger partial charge is 0.480 e. The van der Waals surface area contributed by atoms with Gasteiger partial charge >= 0.3 is 5.97 Å². The molecule has 0 saturated carbocycles. The van der Waals surface area contributed by atoms with E-state index < -0.39 is 12.0 Å². The van der Waals surface area contributed by atoms with Crippen molar-refractivity contribution in [1.82, 2.24) is 5.32 Å². The van der Waals surface area contributed by atoms with Crippen LogP contribution in [-0.2, 0) is 4.79 Å². The maximum absolute atomic E-state index is 11.0. The van der Waals surface area contributed by atoms with Crippen molar-refractivity contribution in [2.24, 2.45) is 0 Å². The van der Waals surface area contributed by atoms with Crippen LogP contribution in [0.15, 0.2) is 47.8 Å². The van der Waals surface area contributed by atoms with Crippen LogP contribution in [0.4, 0.5) is 0 Å². The van der Waals surface area contributed by atoms with Crippen LogP contribution in [0.25, 0.3) is 0 Å². The summed E-state index contributed by atoms with van der Waals surface area (Å²) in [6.07, 6.45) is 0. The van der Waals surface area contributed by atoms with E-state index in [1.54, 1.807) is 18.3 Å². The third-order valence-corrected chi connectivity index (χ3v) is 3.68. The molecule has 0 amide bonds. The smallest absolute Gasteiger partial charge is 0.320 e. The van der Waals surface area contributed by atoms with E-state index in [9.17, 15) is 4.79 Å². The van der Waals surface area contributed by atoms with Gasteiger partial charge in [-0.2, -0.15) is 0 Å². The summed E-state index contributed by atoms with van der Waals surface area (Å²) in [6.45, 7) is 1.66. The summed E-state index contributed by atoms with van der Waals surface area (Å²) in [5.74, 6) is -0.840. The van der Waals surface area contributed by atoms with Gasteiger partial charge in [-0.3, -0.25) is 10.1 Å². The summed E-state index contributed by atoms with van der Waals surface area (Å²) < 4.78 is 0. The van der Waals surface area contributed by atoms with Crippen LogP contribution in [0.3, 0.4) is 0 Å². The molecule has 0 bridgehead atoms. The SMILES string of the molecule is CC(NC(c1ccccc1)c1cccs1)C(=O)O. The second-order valence-electron chi connectivity index (χ2n) is 4.09. The first kappa shape index (κ1) is 12.8. The molecular weight excluding hydrogens is 246 g/mol. The van der Waals surface area contributed by atoms with Crippen molar-refractivity contribution in [3.63, 3.8) is 0 Å². The molecule has 2 N–H and O–H groups in total. The third-order valence-electron chi connectivity index (χ3n) is 2.75. The van der Waals surface area contributed by atoms with Gasteiger partial charge in [0.05, 0.1) is 6.04 Å². The Kier molecular flexibility index (Phi) is 4.12. The first-order valence-corrected chi connectivity index (χ1v) is 6.63. The van der Waals surface area contributed by atoms with E-state index in [4.69, 9.17) is 5.11 Å². The van der Waals surface area contributed by atoms with E-state index in [0.29, 0.717) is 0 Å². The highest BCUT2D eigenvalue weighted by atomic mass is 32.1. The minimum absolute atomic E-state index is 0.0719. The molecule has 0 saturated heterocycles. The fourth-order valence-electron chi connectivity index (χ4n) is 1.76. The van der Waals surface area contributed by atoms with Crippen LogP contribution < -0.4 is 5.32 Å². The fourth-order valence-corrected chi connectivity index (χ4v) is 2.58. The molecule has 94 valence electrons. The molecule has 0 aliphatic rings. The lowest BCUT2D eigenvalue weighted by Gasteiger charge is -2.20. The van der Waals surface area contributed by atoms with Crippen LogP contribution in [0.2, 0.25) is 0 Å². The third kappa shape index (κ3) is 2.97. The van der Waals surface area contributed by atoms with Gasteiger partial charge in [0, 0.05) is 4.88 Å². The van der Waals surface area contributed by atoms with Crippen LogP contribution in [0.1, 0.15) is 23.4 Å². The number of carbonyl (C=O) groups is 1. The Morgan fingerprint density at radius 2 is 1.94 bits per heavy atom. The molecule has 0 aliphatic heterocycles. The van der Waals surface area contributed by atoms with Crippen LogP contribution in [0.5, 0.6) is 0 Å². The van der Waals surface area contributed by atoms with Gasteiger partial charge in [-0.25, -0.2) is 0 Å². The van der Waals surface area contributed by atoms with Gasteiger partial charge in [-0.15, -0.1) is 11.3 Å². The number of benzene rings is 1. The number of carboxylic acid groups (broad SMARTS) is 1. The van der Waals surface area contributed by atoms with Crippen molar-refractivity contribution in [1.29, 1.82) is 0 Å². The maximum atomic E-state index is 11.0. The van der Waals surface area contributed by atoms with Crippen LogP contribution >= 0.6 is 11.3 Å². The lowest BCUT2D eigenvalue weighted by atomic mass is 10.0. The van der Waals surface area contributed by atoms with Gasteiger partial charge in [0.1, 0.15) is 6.04 Å². The number of nitrogens with one attached hydrogen (secondary N) is 1. The number of thiophene rings is 1. The topological polar surface area (TPSA) is 49.3 Å². The zero-order valence-corrected chi connectivity index (χ0v) is 10.9. The molecule has 0 spiro atoms. The minimum Gasteiger partial charge on any atom is -0.480 e. The lowest BCUT2D eigenvalue weighted by Crippen LogP contribution is -2.36. The van der Waals surface area contributed by atoms with Crippen molar-refractivity contribution >= 4 is 17.3 Å². The summed E-state index contributed by atoms with van der Waals surface area (Å²) in [7, 11) is 0. The van der Waals surface area contributed by atoms with E-state index in [-0.39, 0.29) is 6.04 Å². The van der Waals surface area contributed by atoms with E-state index >= 15 is 0 Å². The number of hydrogen-bond donors (Lipinski definition) is 2. The predicted octanol–water partition coefficient (Wildman–Crippen LogP) is 2.90. The average molecular weight is 261 g/mol. The normalized spacial score (nSPS) is 14.1. The van der Waals surface area contributed by atoms with Crippen LogP contribution in [-0.4, -0.2) is 17.1 Å². The highest BCUT2D eigenvalue weighted by Crippen LogP contribution is 2.26. The predicted molar refractivity (Wildman–Crippen MR) is 72.8 cm³/mol. The number of aliphatic carboxylic acids is 1. The van der Waals surface area contributed by atoms with Crippen molar-refractivity contribution < 1.29 is 9.90 Å². The highest BCUT2D eigenvalue weighted by molar-refractivity contribution is 7.10. The fraction of sp³-hybridized carbons (Fsp3) is 0.214. The Hall–Kier alpha value is -1.65. The number of rotatable bonds is 5. The molecule has 2 rings (SSSR count). The summed E-state index contributed by atoms with van der Waals surface area (Å²) in [6, 6.07) is 13.2. The van der Waals surface area contributed by atoms with Crippen molar-refractivity contribution in [2.45, 2.75) is 19.0 Å². The first-order chi connectivity index (χ1) is 8.68. The Labute approximate surface area is 110 Å². The first-order valence-electron chi connectivity index (χ1n) is 5.75. The van der Waals surface area contributed by atoms with Gasteiger partial charge in [0.25, 0.3) is 0 Å². The Morgan fingerprint density at radius 1 is 1.22 bits per heavy atom. The molecule has 2 atom stereocenters. The van der Waals surface area contributed by atoms with Crippen molar-refractivity contribution in [2.75, 3.05) is 0 Å². The zero-order chi connectivity index (χ0) is 13.0. The molecule has 0 aliphatic carbocycles. The van der Waals surface area contributed by atoms with Gasteiger partial charge in [-0.05, 0) is 23.9 Å². The summed E-state index contributed by atoms with van der Waals surface area (Å²) >= 11 is 1.62.